The molecule has 178 valence electrons. The van der Waals surface area contributed by atoms with Crippen molar-refractivity contribution in [3.8, 4) is 5.75 Å². The second-order valence-electron chi connectivity index (χ2n) is 9.82. The van der Waals surface area contributed by atoms with Crippen LogP contribution in [0.25, 0.3) is 0 Å². The Balaban J connectivity index is 1.53. The summed E-state index contributed by atoms with van der Waals surface area (Å²) in [5.74, 6) is 1.07. The molecule has 0 aromatic heterocycles. The SMILES string of the molecule is CC(C)Oc1ccc(S(=O)(=O)N2CCCCC2)cc1NC(=O)CN(C1CC1)C(C)C1CC1. The van der Waals surface area contributed by atoms with Gasteiger partial charge >= 0.3 is 0 Å². The number of hydrogen-bond donors (Lipinski definition) is 1. The molecular weight excluding hydrogens is 426 g/mol. The Bertz CT molecular complexity index is 919. The van der Waals surface area contributed by atoms with E-state index in [1.807, 2.05) is 13.8 Å². The fraction of sp³-hybridized carbons (Fsp3) is 0.708. The number of benzene rings is 1. The number of carbonyl (C=O) groups is 1. The molecule has 1 aromatic carbocycles. The highest BCUT2D eigenvalue weighted by atomic mass is 32.2. The molecule has 4 rings (SSSR count). The molecule has 1 heterocycles. The number of nitrogens with one attached hydrogen (secondary N) is 1. The standard InChI is InChI=1S/C24H37N3O4S/c1-17(2)31-23-12-11-21(32(29,30)26-13-5-4-6-14-26)15-22(23)25-24(28)16-27(20-9-10-20)18(3)19-7-8-19/h11-12,15,17-20H,4-10,13-14,16H2,1-3H3,(H,25,28). The van der Waals surface area contributed by atoms with E-state index in [2.05, 4.69) is 17.1 Å². The number of sulfonamides is 1. The Morgan fingerprint density at radius 2 is 1.81 bits per heavy atom. The molecule has 3 fully saturated rings. The number of rotatable bonds is 10. The molecule has 3 aliphatic rings. The van der Waals surface area contributed by atoms with E-state index in [0.29, 0.717) is 49.1 Å². The zero-order valence-corrected chi connectivity index (χ0v) is 20.4. The minimum atomic E-state index is -3.59. The van der Waals surface area contributed by atoms with Gasteiger partial charge in [0.2, 0.25) is 15.9 Å². The number of piperidine rings is 1. The number of ether oxygens (including phenoxy) is 1. The first-order chi connectivity index (χ1) is 15.3. The van der Waals surface area contributed by atoms with Gasteiger partial charge in [-0.15, -0.1) is 0 Å². The first-order valence-electron chi connectivity index (χ1n) is 12.1. The van der Waals surface area contributed by atoms with Crippen LogP contribution in [0.2, 0.25) is 0 Å². The maximum absolute atomic E-state index is 13.2. The summed E-state index contributed by atoms with van der Waals surface area (Å²) in [5.41, 5.74) is 0.427. The van der Waals surface area contributed by atoms with Crippen LogP contribution in [0.4, 0.5) is 5.69 Å². The summed E-state index contributed by atoms with van der Waals surface area (Å²) in [6.45, 7) is 7.47. The topological polar surface area (TPSA) is 79.0 Å². The maximum atomic E-state index is 13.2. The minimum Gasteiger partial charge on any atom is -0.489 e. The highest BCUT2D eigenvalue weighted by molar-refractivity contribution is 7.89. The molecule has 1 atom stereocenters. The van der Waals surface area contributed by atoms with Crippen LogP contribution < -0.4 is 10.1 Å². The molecule has 0 spiro atoms. The van der Waals surface area contributed by atoms with Gasteiger partial charge in [0.05, 0.1) is 23.2 Å². The van der Waals surface area contributed by atoms with Gasteiger partial charge in [0, 0.05) is 25.2 Å². The molecule has 1 aliphatic heterocycles. The maximum Gasteiger partial charge on any atom is 0.243 e. The molecule has 1 N–H and O–H groups in total. The summed E-state index contributed by atoms with van der Waals surface area (Å²) in [5, 5.41) is 2.97. The monoisotopic (exact) mass is 463 g/mol. The molecule has 1 amide bonds. The van der Waals surface area contributed by atoms with Crippen molar-refractivity contribution in [2.75, 3.05) is 25.0 Å². The largest absolute Gasteiger partial charge is 0.489 e. The number of anilines is 1. The predicted molar refractivity (Wildman–Crippen MR) is 125 cm³/mol. The quantitative estimate of drug-likeness (QED) is 0.570. The summed E-state index contributed by atoms with van der Waals surface area (Å²) in [7, 11) is -3.59. The number of carbonyl (C=O) groups excluding carboxylic acids is 1. The Kier molecular flexibility index (Phi) is 7.12. The van der Waals surface area contributed by atoms with E-state index in [1.54, 1.807) is 22.5 Å². The van der Waals surface area contributed by atoms with Gasteiger partial charge in [0.25, 0.3) is 0 Å². The lowest BCUT2D eigenvalue weighted by Gasteiger charge is -2.29. The normalized spacial score (nSPS) is 21.0. The molecule has 8 heteroatoms. The van der Waals surface area contributed by atoms with E-state index in [9.17, 15) is 13.2 Å². The second kappa shape index (κ2) is 9.69. The first kappa shape index (κ1) is 23.5. The van der Waals surface area contributed by atoms with Crippen molar-refractivity contribution in [3.63, 3.8) is 0 Å². The van der Waals surface area contributed by atoms with E-state index < -0.39 is 10.0 Å². The van der Waals surface area contributed by atoms with Gasteiger partial charge in [-0.1, -0.05) is 6.42 Å². The summed E-state index contributed by atoms with van der Waals surface area (Å²) in [4.78, 5) is 15.6. The summed E-state index contributed by atoms with van der Waals surface area (Å²) in [6.07, 6.45) is 7.52. The highest BCUT2D eigenvalue weighted by Crippen LogP contribution is 2.39. The van der Waals surface area contributed by atoms with Crippen LogP contribution in [-0.4, -0.2) is 61.4 Å². The Morgan fingerprint density at radius 1 is 1.12 bits per heavy atom. The van der Waals surface area contributed by atoms with Crippen LogP contribution in [0.15, 0.2) is 23.1 Å². The lowest BCUT2D eigenvalue weighted by atomic mass is 10.1. The smallest absolute Gasteiger partial charge is 0.243 e. The average molecular weight is 464 g/mol. The molecule has 32 heavy (non-hydrogen) atoms. The third-order valence-electron chi connectivity index (χ3n) is 6.71. The fourth-order valence-corrected chi connectivity index (χ4v) is 6.14. The summed E-state index contributed by atoms with van der Waals surface area (Å²) in [6, 6.07) is 5.71. The summed E-state index contributed by atoms with van der Waals surface area (Å²) >= 11 is 0. The van der Waals surface area contributed by atoms with Crippen molar-refractivity contribution >= 4 is 21.6 Å². The lowest BCUT2D eigenvalue weighted by molar-refractivity contribution is -0.118. The van der Waals surface area contributed by atoms with E-state index >= 15 is 0 Å². The zero-order valence-electron chi connectivity index (χ0n) is 19.5. The van der Waals surface area contributed by atoms with E-state index in [0.717, 1.165) is 32.1 Å². The molecule has 1 aromatic rings. The third-order valence-corrected chi connectivity index (χ3v) is 8.60. The van der Waals surface area contributed by atoms with Crippen LogP contribution in [0.1, 0.15) is 65.7 Å². The molecule has 1 unspecified atom stereocenters. The van der Waals surface area contributed by atoms with Crippen LogP contribution in [0.3, 0.4) is 0 Å². The molecule has 1 saturated heterocycles. The lowest BCUT2D eigenvalue weighted by Crippen LogP contribution is -2.42. The molecule has 2 saturated carbocycles. The van der Waals surface area contributed by atoms with Gasteiger partial charge in [-0.25, -0.2) is 8.42 Å². The van der Waals surface area contributed by atoms with Crippen LogP contribution in [-0.2, 0) is 14.8 Å². The van der Waals surface area contributed by atoms with E-state index in [-0.39, 0.29) is 16.9 Å². The van der Waals surface area contributed by atoms with Crippen molar-refractivity contribution in [1.29, 1.82) is 0 Å². The van der Waals surface area contributed by atoms with Crippen LogP contribution in [0, 0.1) is 5.92 Å². The van der Waals surface area contributed by atoms with Gasteiger partial charge in [-0.05, 0) is 83.4 Å². The molecular formula is C24H37N3O4S. The van der Waals surface area contributed by atoms with Gasteiger partial charge in [0.1, 0.15) is 5.75 Å². The predicted octanol–water partition coefficient (Wildman–Crippen LogP) is 3.85. The van der Waals surface area contributed by atoms with Gasteiger partial charge in [-0.3, -0.25) is 9.69 Å². The second-order valence-corrected chi connectivity index (χ2v) is 11.8. The number of amides is 1. The van der Waals surface area contributed by atoms with Crippen molar-refractivity contribution in [2.45, 2.75) is 88.8 Å². The van der Waals surface area contributed by atoms with Crippen molar-refractivity contribution in [2.24, 2.45) is 5.92 Å². The van der Waals surface area contributed by atoms with Crippen LogP contribution in [0.5, 0.6) is 5.75 Å². The highest BCUT2D eigenvalue weighted by Gasteiger charge is 2.40. The van der Waals surface area contributed by atoms with Crippen molar-refractivity contribution < 1.29 is 17.9 Å². The van der Waals surface area contributed by atoms with Gasteiger partial charge in [-0.2, -0.15) is 4.31 Å². The molecule has 0 bridgehead atoms. The third kappa shape index (κ3) is 5.64. The molecule has 0 radical (unpaired) electrons. The summed E-state index contributed by atoms with van der Waals surface area (Å²) < 4.78 is 33.8. The number of hydrogen-bond acceptors (Lipinski definition) is 5. The number of nitrogens with zero attached hydrogens (tertiary/aromatic N) is 2. The van der Waals surface area contributed by atoms with Gasteiger partial charge < -0.3 is 10.1 Å². The fourth-order valence-electron chi connectivity index (χ4n) is 4.60. The molecule has 2 aliphatic carbocycles. The van der Waals surface area contributed by atoms with Crippen LogP contribution >= 0.6 is 0 Å². The van der Waals surface area contributed by atoms with E-state index in [1.165, 1.54) is 12.8 Å². The van der Waals surface area contributed by atoms with Crippen molar-refractivity contribution in [3.05, 3.63) is 18.2 Å². The minimum absolute atomic E-state index is 0.0898. The zero-order chi connectivity index (χ0) is 22.9. The van der Waals surface area contributed by atoms with Crippen molar-refractivity contribution in [1.82, 2.24) is 9.21 Å². The van der Waals surface area contributed by atoms with Gasteiger partial charge in [0.15, 0.2) is 0 Å². The Hall–Kier alpha value is -1.64. The Morgan fingerprint density at radius 3 is 2.41 bits per heavy atom. The first-order valence-corrected chi connectivity index (χ1v) is 13.6. The van der Waals surface area contributed by atoms with E-state index in [4.69, 9.17) is 4.74 Å². The molecule has 7 nitrogen and oxygen atoms in total. The Labute approximate surface area is 192 Å². The average Bonchev–Trinajstić information content (AvgIpc) is 3.66.